The predicted molar refractivity (Wildman–Crippen MR) is 122 cm³/mol. The molecule has 1 aromatic heterocycles. The van der Waals surface area contributed by atoms with Crippen LogP contribution in [0.3, 0.4) is 0 Å². The molecule has 30 heavy (non-hydrogen) atoms. The van der Waals surface area contributed by atoms with E-state index >= 15 is 0 Å². The second-order valence-electron chi connectivity index (χ2n) is 6.90. The average Bonchev–Trinajstić information content (AvgIpc) is 2.78. The summed E-state index contributed by atoms with van der Waals surface area (Å²) < 4.78 is 16.3. The van der Waals surface area contributed by atoms with E-state index in [1.54, 1.807) is 14.2 Å². The van der Waals surface area contributed by atoms with E-state index in [-0.39, 0.29) is 0 Å². The van der Waals surface area contributed by atoms with Gasteiger partial charge in [-0.25, -0.2) is 4.98 Å². The van der Waals surface area contributed by atoms with Crippen molar-refractivity contribution in [2.45, 2.75) is 13.5 Å². The van der Waals surface area contributed by atoms with Crippen LogP contribution in [-0.4, -0.2) is 25.8 Å². The van der Waals surface area contributed by atoms with Gasteiger partial charge in [-0.2, -0.15) is 0 Å². The number of aromatic nitrogens is 1. The van der Waals surface area contributed by atoms with Crippen LogP contribution in [0.2, 0.25) is 0 Å². The van der Waals surface area contributed by atoms with Crippen molar-refractivity contribution in [1.82, 2.24) is 4.98 Å². The molecule has 4 aromatic rings. The maximum atomic E-state index is 6.46. The first-order valence-corrected chi connectivity index (χ1v) is 9.83. The van der Waals surface area contributed by atoms with Gasteiger partial charge in [-0.1, -0.05) is 0 Å². The van der Waals surface area contributed by atoms with Crippen LogP contribution >= 0.6 is 0 Å². The van der Waals surface area contributed by atoms with Crippen LogP contribution in [0.25, 0.3) is 21.8 Å². The highest BCUT2D eigenvalue weighted by atomic mass is 16.5. The Labute approximate surface area is 175 Å². The molecule has 0 amide bonds. The first-order valence-electron chi connectivity index (χ1n) is 9.83. The van der Waals surface area contributed by atoms with Gasteiger partial charge in [0.2, 0.25) is 0 Å². The van der Waals surface area contributed by atoms with Gasteiger partial charge in [0.1, 0.15) is 17.2 Å². The Morgan fingerprint density at radius 3 is 2.47 bits per heavy atom. The molecule has 0 aliphatic rings. The first-order chi connectivity index (χ1) is 14.6. The number of nitrogens with two attached hydrogens (primary N) is 1. The number of hydrogen-bond acceptors (Lipinski definition) is 6. The third-order valence-electron chi connectivity index (χ3n) is 5.08. The fourth-order valence-corrected chi connectivity index (χ4v) is 3.52. The molecule has 0 aliphatic heterocycles. The van der Waals surface area contributed by atoms with E-state index in [1.807, 2.05) is 61.5 Å². The summed E-state index contributed by atoms with van der Waals surface area (Å²) in [5.74, 6) is 2.34. The average molecular weight is 403 g/mol. The summed E-state index contributed by atoms with van der Waals surface area (Å²) in [5.41, 5.74) is 10.8. The van der Waals surface area contributed by atoms with E-state index in [4.69, 9.17) is 24.9 Å². The molecule has 0 saturated carbocycles. The monoisotopic (exact) mass is 403 g/mol. The Balaban J connectivity index is 1.63. The molecule has 0 saturated heterocycles. The quantitative estimate of drug-likeness (QED) is 0.423. The molecule has 6 heteroatoms. The summed E-state index contributed by atoms with van der Waals surface area (Å²) >= 11 is 0. The summed E-state index contributed by atoms with van der Waals surface area (Å²) in [6.07, 6.45) is 0. The zero-order chi connectivity index (χ0) is 21.1. The minimum absolute atomic E-state index is 0.611. The Hall–Kier alpha value is -3.67. The third-order valence-corrected chi connectivity index (χ3v) is 5.08. The molecule has 0 aliphatic carbocycles. The van der Waals surface area contributed by atoms with E-state index in [0.717, 1.165) is 50.3 Å². The number of pyridine rings is 1. The molecule has 0 bridgehead atoms. The summed E-state index contributed by atoms with van der Waals surface area (Å²) in [6.45, 7) is 3.18. The van der Waals surface area contributed by atoms with Gasteiger partial charge < -0.3 is 25.3 Å². The lowest BCUT2D eigenvalue weighted by Crippen LogP contribution is -2.02. The lowest BCUT2D eigenvalue weighted by atomic mass is 10.1. The third kappa shape index (κ3) is 3.76. The van der Waals surface area contributed by atoms with E-state index in [9.17, 15) is 0 Å². The Morgan fingerprint density at radius 2 is 1.70 bits per heavy atom. The van der Waals surface area contributed by atoms with Crippen LogP contribution in [0.1, 0.15) is 12.5 Å². The van der Waals surface area contributed by atoms with E-state index in [1.165, 1.54) is 0 Å². The van der Waals surface area contributed by atoms with Gasteiger partial charge in [-0.05, 0) is 55.5 Å². The normalized spacial score (nSPS) is 10.9. The number of ether oxygens (including phenoxy) is 3. The Kier molecular flexibility index (Phi) is 5.48. The number of benzene rings is 3. The minimum atomic E-state index is 0.611. The number of methoxy groups -OCH3 is 2. The molecule has 0 unspecified atom stereocenters. The lowest BCUT2D eigenvalue weighted by Gasteiger charge is -2.13. The van der Waals surface area contributed by atoms with Crippen molar-refractivity contribution in [3.63, 3.8) is 0 Å². The predicted octanol–water partition coefficient (Wildman–Crippen LogP) is 5.00. The van der Waals surface area contributed by atoms with Gasteiger partial charge >= 0.3 is 0 Å². The van der Waals surface area contributed by atoms with E-state index in [2.05, 4.69) is 5.32 Å². The molecule has 154 valence electrons. The van der Waals surface area contributed by atoms with Crippen molar-refractivity contribution in [3.8, 4) is 17.2 Å². The lowest BCUT2D eigenvalue weighted by molar-refractivity contribution is 0.341. The van der Waals surface area contributed by atoms with Crippen LogP contribution in [-0.2, 0) is 6.54 Å². The van der Waals surface area contributed by atoms with Gasteiger partial charge in [0.25, 0.3) is 0 Å². The van der Waals surface area contributed by atoms with E-state index < -0.39 is 0 Å². The topological polar surface area (TPSA) is 78.6 Å². The van der Waals surface area contributed by atoms with Crippen LogP contribution in [0.4, 0.5) is 11.4 Å². The van der Waals surface area contributed by atoms with Crippen molar-refractivity contribution >= 4 is 33.2 Å². The molecule has 3 N–H and O–H groups in total. The molecule has 6 nitrogen and oxygen atoms in total. The molecule has 0 atom stereocenters. The number of nitrogens with zero attached hydrogens (tertiary/aromatic N) is 1. The SMILES string of the molecule is CCOc1ccc2nc3cc(NCc4ccc(OC)cc4OC)ccc3c(N)c2c1. The van der Waals surface area contributed by atoms with Gasteiger partial charge in [0.05, 0.1) is 37.5 Å². The Bertz CT molecular complexity index is 1210. The van der Waals surface area contributed by atoms with E-state index in [0.29, 0.717) is 18.8 Å². The molecule has 0 spiro atoms. The highest BCUT2D eigenvalue weighted by molar-refractivity contribution is 6.07. The van der Waals surface area contributed by atoms with Crippen molar-refractivity contribution in [2.24, 2.45) is 0 Å². The summed E-state index contributed by atoms with van der Waals surface area (Å²) in [6, 6.07) is 17.6. The highest BCUT2D eigenvalue weighted by Gasteiger charge is 2.10. The number of anilines is 2. The number of nitrogens with one attached hydrogen (secondary N) is 1. The summed E-state index contributed by atoms with van der Waals surface area (Å²) in [7, 11) is 3.30. The van der Waals surface area contributed by atoms with Gasteiger partial charge in [-0.3, -0.25) is 0 Å². The molecule has 0 fully saturated rings. The number of fused-ring (bicyclic) bond motifs is 2. The van der Waals surface area contributed by atoms with Crippen molar-refractivity contribution < 1.29 is 14.2 Å². The van der Waals surface area contributed by atoms with Crippen molar-refractivity contribution in [3.05, 3.63) is 60.2 Å². The van der Waals surface area contributed by atoms with Crippen LogP contribution in [0.15, 0.2) is 54.6 Å². The fourth-order valence-electron chi connectivity index (χ4n) is 3.52. The standard InChI is InChI=1S/C24H25N3O3/c1-4-30-18-8-10-21-20(12-18)24(25)19-9-6-16(11-22(19)27-21)26-14-15-5-7-17(28-2)13-23(15)29-3/h5-13,26H,4,14H2,1-3H3,(H2,25,27). The molecular weight excluding hydrogens is 378 g/mol. The van der Waals surface area contributed by atoms with Crippen molar-refractivity contribution in [1.29, 1.82) is 0 Å². The van der Waals surface area contributed by atoms with Gasteiger partial charge in [-0.15, -0.1) is 0 Å². The maximum absolute atomic E-state index is 6.46. The number of hydrogen-bond donors (Lipinski definition) is 2. The highest BCUT2D eigenvalue weighted by Crippen LogP contribution is 2.32. The second-order valence-corrected chi connectivity index (χ2v) is 6.90. The second kappa shape index (κ2) is 8.37. The van der Waals surface area contributed by atoms with Crippen LogP contribution < -0.4 is 25.3 Å². The smallest absolute Gasteiger partial charge is 0.127 e. The summed E-state index contributed by atoms with van der Waals surface area (Å²) in [5, 5.41) is 5.26. The maximum Gasteiger partial charge on any atom is 0.127 e. The molecule has 1 heterocycles. The molecule has 4 rings (SSSR count). The molecule has 0 radical (unpaired) electrons. The number of nitrogen functional groups attached to an aromatic ring is 1. The summed E-state index contributed by atoms with van der Waals surface area (Å²) in [4.78, 5) is 4.80. The largest absolute Gasteiger partial charge is 0.497 e. The van der Waals surface area contributed by atoms with Gasteiger partial charge in [0.15, 0.2) is 0 Å². The number of rotatable bonds is 7. The minimum Gasteiger partial charge on any atom is -0.497 e. The first kappa shape index (κ1) is 19.6. The Morgan fingerprint density at radius 1 is 0.867 bits per heavy atom. The zero-order valence-electron chi connectivity index (χ0n) is 17.4. The zero-order valence-corrected chi connectivity index (χ0v) is 17.4. The van der Waals surface area contributed by atoms with Gasteiger partial charge in [0, 0.05) is 34.6 Å². The van der Waals surface area contributed by atoms with Crippen molar-refractivity contribution in [2.75, 3.05) is 31.9 Å². The molecular formula is C24H25N3O3. The molecule has 3 aromatic carbocycles. The fraction of sp³-hybridized carbons (Fsp3) is 0.208. The van der Waals surface area contributed by atoms with Crippen LogP contribution in [0, 0.1) is 0 Å². The van der Waals surface area contributed by atoms with Crippen LogP contribution in [0.5, 0.6) is 17.2 Å².